The van der Waals surface area contributed by atoms with Crippen molar-refractivity contribution in [1.82, 2.24) is 0 Å². The van der Waals surface area contributed by atoms with Crippen molar-refractivity contribution in [3.05, 3.63) is 56.5 Å². The Morgan fingerprint density at radius 2 is 1.95 bits per heavy atom. The number of anilines is 1. The maximum atomic E-state index is 5.31. The van der Waals surface area contributed by atoms with E-state index in [1.54, 1.807) is 7.11 Å². The molecule has 0 radical (unpaired) electrons. The van der Waals surface area contributed by atoms with Crippen LogP contribution in [0.5, 0.6) is 5.75 Å². The Kier molecular flexibility index (Phi) is 4.03. The zero-order chi connectivity index (χ0) is 14.1. The highest BCUT2D eigenvalue weighted by molar-refractivity contribution is 9.10. The average Bonchev–Trinajstić information content (AvgIpc) is 2.80. The van der Waals surface area contributed by atoms with Gasteiger partial charge in [-0.05, 0) is 48.2 Å². The van der Waals surface area contributed by atoms with Gasteiger partial charge in [0.1, 0.15) is 5.75 Å². The number of fused-ring (bicyclic) bond motifs is 1. The third-order valence-electron chi connectivity index (χ3n) is 3.63. The SMILES string of the molecule is COc1cc(Br)cc(NC2CCc3cc(Br)ccc32)c1. The summed E-state index contributed by atoms with van der Waals surface area (Å²) in [6.07, 6.45) is 2.25. The van der Waals surface area contributed by atoms with Gasteiger partial charge in [-0.15, -0.1) is 0 Å². The van der Waals surface area contributed by atoms with Gasteiger partial charge in [-0.1, -0.05) is 37.9 Å². The first-order valence-corrected chi connectivity index (χ1v) is 8.14. The van der Waals surface area contributed by atoms with Crippen LogP contribution in [0, 0.1) is 0 Å². The molecule has 1 unspecified atom stereocenters. The first kappa shape index (κ1) is 14.0. The summed E-state index contributed by atoms with van der Waals surface area (Å²) in [4.78, 5) is 0. The van der Waals surface area contributed by atoms with Gasteiger partial charge in [0.25, 0.3) is 0 Å². The highest BCUT2D eigenvalue weighted by atomic mass is 79.9. The number of aryl methyl sites for hydroxylation is 1. The molecule has 1 aliphatic rings. The molecule has 0 amide bonds. The zero-order valence-electron chi connectivity index (χ0n) is 11.1. The monoisotopic (exact) mass is 395 g/mol. The smallest absolute Gasteiger partial charge is 0.122 e. The molecule has 1 N–H and O–H groups in total. The van der Waals surface area contributed by atoms with E-state index in [4.69, 9.17) is 4.74 Å². The molecule has 20 heavy (non-hydrogen) atoms. The minimum atomic E-state index is 0.372. The summed E-state index contributed by atoms with van der Waals surface area (Å²) in [6.45, 7) is 0. The van der Waals surface area contributed by atoms with E-state index in [2.05, 4.69) is 61.4 Å². The lowest BCUT2D eigenvalue weighted by atomic mass is 10.1. The molecule has 4 heteroatoms. The number of rotatable bonds is 3. The second kappa shape index (κ2) is 5.78. The van der Waals surface area contributed by atoms with Crippen LogP contribution in [0.2, 0.25) is 0 Å². The lowest BCUT2D eigenvalue weighted by Gasteiger charge is -2.16. The average molecular weight is 397 g/mol. The topological polar surface area (TPSA) is 21.3 Å². The quantitative estimate of drug-likeness (QED) is 0.757. The van der Waals surface area contributed by atoms with Crippen LogP contribution in [0.1, 0.15) is 23.6 Å². The van der Waals surface area contributed by atoms with Crippen LogP contribution in [0.25, 0.3) is 0 Å². The molecule has 1 aliphatic carbocycles. The van der Waals surface area contributed by atoms with Crippen LogP contribution in [0.4, 0.5) is 5.69 Å². The molecule has 1 atom stereocenters. The number of nitrogens with one attached hydrogen (secondary N) is 1. The van der Waals surface area contributed by atoms with E-state index < -0.39 is 0 Å². The minimum Gasteiger partial charge on any atom is -0.497 e. The van der Waals surface area contributed by atoms with Crippen molar-refractivity contribution in [2.45, 2.75) is 18.9 Å². The van der Waals surface area contributed by atoms with Gasteiger partial charge in [-0.25, -0.2) is 0 Å². The molecule has 2 aromatic carbocycles. The summed E-state index contributed by atoms with van der Waals surface area (Å²) in [6, 6.07) is 13.0. The molecule has 3 rings (SSSR count). The lowest BCUT2D eigenvalue weighted by Crippen LogP contribution is -2.07. The zero-order valence-corrected chi connectivity index (χ0v) is 14.3. The minimum absolute atomic E-state index is 0.372. The fraction of sp³-hybridized carbons (Fsp3) is 0.250. The normalized spacial score (nSPS) is 16.9. The van der Waals surface area contributed by atoms with Crippen LogP contribution < -0.4 is 10.1 Å². The van der Waals surface area contributed by atoms with E-state index in [-0.39, 0.29) is 0 Å². The Morgan fingerprint density at radius 3 is 2.75 bits per heavy atom. The molecule has 0 aromatic heterocycles. The second-order valence-electron chi connectivity index (χ2n) is 4.96. The summed E-state index contributed by atoms with van der Waals surface area (Å²) in [5, 5.41) is 3.61. The molecule has 0 saturated heterocycles. The third kappa shape index (κ3) is 2.86. The van der Waals surface area contributed by atoms with Crippen LogP contribution >= 0.6 is 31.9 Å². The van der Waals surface area contributed by atoms with Crippen LogP contribution in [0.3, 0.4) is 0 Å². The number of ether oxygens (including phenoxy) is 1. The van der Waals surface area contributed by atoms with E-state index in [0.717, 1.165) is 33.2 Å². The Labute approximate surface area is 135 Å². The van der Waals surface area contributed by atoms with Crippen molar-refractivity contribution < 1.29 is 4.74 Å². The molecule has 2 aromatic rings. The molecule has 2 nitrogen and oxygen atoms in total. The highest BCUT2D eigenvalue weighted by Gasteiger charge is 2.22. The maximum absolute atomic E-state index is 5.31. The van der Waals surface area contributed by atoms with Crippen LogP contribution in [0.15, 0.2) is 45.3 Å². The Hall–Kier alpha value is -1.00. The van der Waals surface area contributed by atoms with E-state index in [9.17, 15) is 0 Å². The molecule has 0 heterocycles. The summed E-state index contributed by atoms with van der Waals surface area (Å²) in [7, 11) is 1.69. The van der Waals surface area contributed by atoms with Crippen molar-refractivity contribution >= 4 is 37.5 Å². The van der Waals surface area contributed by atoms with Gasteiger partial charge in [0.05, 0.1) is 13.2 Å². The predicted molar refractivity (Wildman–Crippen MR) is 89.5 cm³/mol. The van der Waals surface area contributed by atoms with Crippen LogP contribution in [-0.2, 0) is 6.42 Å². The Balaban J connectivity index is 1.85. The lowest BCUT2D eigenvalue weighted by molar-refractivity contribution is 0.414. The van der Waals surface area contributed by atoms with Crippen molar-refractivity contribution in [1.29, 1.82) is 0 Å². The van der Waals surface area contributed by atoms with Gasteiger partial charge in [-0.2, -0.15) is 0 Å². The standard InChI is InChI=1S/C16H15Br2NO/c1-20-14-8-12(18)7-13(9-14)19-16-5-2-10-6-11(17)3-4-15(10)16/h3-4,6-9,16,19H,2,5H2,1H3. The van der Waals surface area contributed by atoms with Crippen molar-refractivity contribution in [2.75, 3.05) is 12.4 Å². The summed E-state index contributed by atoms with van der Waals surface area (Å²) >= 11 is 7.06. The third-order valence-corrected chi connectivity index (χ3v) is 4.58. The molecule has 104 valence electrons. The number of methoxy groups -OCH3 is 1. The Morgan fingerprint density at radius 1 is 1.10 bits per heavy atom. The van der Waals surface area contributed by atoms with E-state index in [1.165, 1.54) is 11.1 Å². The fourth-order valence-corrected chi connectivity index (χ4v) is 3.58. The first-order valence-electron chi connectivity index (χ1n) is 6.55. The Bertz CT molecular complexity index is 642. The van der Waals surface area contributed by atoms with Gasteiger partial charge in [0, 0.05) is 20.7 Å². The summed E-state index contributed by atoms with van der Waals surface area (Å²) in [5.41, 5.74) is 3.91. The number of benzene rings is 2. The van der Waals surface area contributed by atoms with Crippen molar-refractivity contribution in [2.24, 2.45) is 0 Å². The maximum Gasteiger partial charge on any atom is 0.122 e. The fourth-order valence-electron chi connectivity index (χ4n) is 2.70. The van der Waals surface area contributed by atoms with E-state index in [1.807, 2.05) is 12.1 Å². The van der Waals surface area contributed by atoms with Gasteiger partial charge in [-0.3, -0.25) is 0 Å². The van der Waals surface area contributed by atoms with Crippen LogP contribution in [-0.4, -0.2) is 7.11 Å². The first-order chi connectivity index (χ1) is 9.65. The van der Waals surface area contributed by atoms with Crippen molar-refractivity contribution in [3.63, 3.8) is 0 Å². The molecule has 0 bridgehead atoms. The largest absolute Gasteiger partial charge is 0.497 e. The molecule has 0 saturated carbocycles. The molecule has 0 spiro atoms. The van der Waals surface area contributed by atoms with E-state index >= 15 is 0 Å². The van der Waals surface area contributed by atoms with Gasteiger partial charge in [0.15, 0.2) is 0 Å². The molecule has 0 fully saturated rings. The number of hydrogen-bond donors (Lipinski definition) is 1. The molecule has 0 aliphatic heterocycles. The summed E-state index contributed by atoms with van der Waals surface area (Å²) in [5.74, 6) is 0.857. The van der Waals surface area contributed by atoms with E-state index in [0.29, 0.717) is 6.04 Å². The number of hydrogen-bond acceptors (Lipinski definition) is 2. The van der Waals surface area contributed by atoms with Gasteiger partial charge in [0.2, 0.25) is 0 Å². The predicted octanol–water partition coefficient (Wildman–Crippen LogP) is 5.32. The van der Waals surface area contributed by atoms with Gasteiger partial charge >= 0.3 is 0 Å². The van der Waals surface area contributed by atoms with Crippen molar-refractivity contribution in [3.8, 4) is 5.75 Å². The van der Waals surface area contributed by atoms with Gasteiger partial charge < -0.3 is 10.1 Å². The number of halogens is 2. The molecular formula is C16H15Br2NO. The second-order valence-corrected chi connectivity index (χ2v) is 6.79. The highest BCUT2D eigenvalue weighted by Crippen LogP contribution is 2.36. The summed E-state index contributed by atoms with van der Waals surface area (Å²) < 4.78 is 7.48. The molecular weight excluding hydrogens is 382 g/mol.